The van der Waals surface area contributed by atoms with Gasteiger partial charge in [0.25, 0.3) is 0 Å². The summed E-state index contributed by atoms with van der Waals surface area (Å²) in [5.74, 6) is 0.894. The molecule has 3 heteroatoms. The number of rotatable bonds is 5. The van der Waals surface area contributed by atoms with Gasteiger partial charge in [0, 0.05) is 24.6 Å². The van der Waals surface area contributed by atoms with Gasteiger partial charge in [0.15, 0.2) is 0 Å². The maximum absolute atomic E-state index is 9.52. The van der Waals surface area contributed by atoms with E-state index in [2.05, 4.69) is 24.4 Å². The van der Waals surface area contributed by atoms with Crippen LogP contribution in [-0.2, 0) is 6.54 Å². The second kappa shape index (κ2) is 5.72. The zero-order valence-electron chi connectivity index (χ0n) is 11.3. The van der Waals surface area contributed by atoms with Gasteiger partial charge >= 0.3 is 0 Å². The molecule has 0 heterocycles. The van der Waals surface area contributed by atoms with E-state index in [0.717, 1.165) is 25.1 Å². The van der Waals surface area contributed by atoms with Crippen molar-refractivity contribution in [3.05, 3.63) is 29.8 Å². The number of hydrogen-bond donors (Lipinski definition) is 2. The Kier molecular flexibility index (Phi) is 4.25. The van der Waals surface area contributed by atoms with Crippen molar-refractivity contribution in [3.8, 4) is 5.75 Å². The highest BCUT2D eigenvalue weighted by Crippen LogP contribution is 2.37. The molecule has 100 valence electrons. The van der Waals surface area contributed by atoms with E-state index < -0.39 is 0 Å². The monoisotopic (exact) mass is 249 g/mol. The van der Waals surface area contributed by atoms with E-state index in [4.69, 9.17) is 4.74 Å². The molecule has 1 aliphatic rings. The first kappa shape index (κ1) is 13.4. The topological polar surface area (TPSA) is 41.5 Å². The van der Waals surface area contributed by atoms with Crippen LogP contribution in [0.4, 0.5) is 0 Å². The Bertz CT molecular complexity index is 394. The normalized spacial score (nSPS) is 27.4. The van der Waals surface area contributed by atoms with Crippen LogP contribution in [0.3, 0.4) is 0 Å². The van der Waals surface area contributed by atoms with Crippen molar-refractivity contribution in [1.29, 1.82) is 0 Å². The maximum Gasteiger partial charge on any atom is 0.119 e. The molecule has 0 amide bonds. The average molecular weight is 249 g/mol. The predicted molar refractivity (Wildman–Crippen MR) is 72.7 cm³/mol. The molecule has 2 rings (SSSR count). The van der Waals surface area contributed by atoms with Crippen molar-refractivity contribution in [3.63, 3.8) is 0 Å². The molecule has 0 bridgehead atoms. The van der Waals surface area contributed by atoms with Gasteiger partial charge in [-0.15, -0.1) is 0 Å². The van der Waals surface area contributed by atoms with Crippen LogP contribution < -0.4 is 10.1 Å². The van der Waals surface area contributed by atoms with Crippen molar-refractivity contribution < 1.29 is 9.84 Å². The van der Waals surface area contributed by atoms with E-state index in [1.165, 1.54) is 12.0 Å². The quantitative estimate of drug-likeness (QED) is 0.841. The van der Waals surface area contributed by atoms with Crippen LogP contribution in [-0.4, -0.2) is 24.9 Å². The van der Waals surface area contributed by atoms with E-state index in [1.807, 2.05) is 12.1 Å². The molecule has 3 nitrogen and oxygen atoms in total. The maximum atomic E-state index is 9.52. The third kappa shape index (κ3) is 2.85. The molecule has 2 unspecified atom stereocenters. The molecule has 1 aliphatic carbocycles. The fourth-order valence-corrected chi connectivity index (χ4v) is 2.79. The molecule has 0 aromatic heterocycles. The highest BCUT2D eigenvalue weighted by atomic mass is 16.5. The molecule has 2 N–H and O–H groups in total. The van der Waals surface area contributed by atoms with Gasteiger partial charge in [0.05, 0.1) is 7.11 Å². The predicted octanol–water partition coefficient (Wildman–Crippen LogP) is 2.34. The molecule has 18 heavy (non-hydrogen) atoms. The lowest BCUT2D eigenvalue weighted by Crippen LogP contribution is -2.41. The number of nitrogens with one attached hydrogen (secondary N) is 1. The van der Waals surface area contributed by atoms with Crippen molar-refractivity contribution in [2.75, 3.05) is 13.7 Å². The minimum absolute atomic E-state index is 0.0405. The Labute approximate surface area is 109 Å². The van der Waals surface area contributed by atoms with E-state index in [9.17, 15) is 5.11 Å². The Morgan fingerprint density at radius 3 is 3.06 bits per heavy atom. The fourth-order valence-electron chi connectivity index (χ4n) is 2.79. The standard InChI is InChI=1S/C15H23NO2/c1-15(11-17)8-4-7-14(15)16-10-12-5-3-6-13(9-12)18-2/h3,5-6,9,14,16-17H,4,7-8,10-11H2,1-2H3. The molecule has 1 fully saturated rings. The Morgan fingerprint density at radius 1 is 1.50 bits per heavy atom. The molecule has 1 aromatic rings. The number of methoxy groups -OCH3 is 1. The summed E-state index contributed by atoms with van der Waals surface area (Å²) in [5.41, 5.74) is 1.26. The number of aliphatic hydroxyl groups is 1. The Balaban J connectivity index is 1.94. The van der Waals surface area contributed by atoms with Gasteiger partial charge in [-0.2, -0.15) is 0 Å². The Hall–Kier alpha value is -1.06. The van der Waals surface area contributed by atoms with Gasteiger partial charge in [0.1, 0.15) is 5.75 Å². The molecule has 0 spiro atoms. The third-order valence-electron chi connectivity index (χ3n) is 4.13. The number of aliphatic hydroxyl groups excluding tert-OH is 1. The molecule has 0 radical (unpaired) electrons. The summed E-state index contributed by atoms with van der Waals surface area (Å²) in [5, 5.41) is 13.1. The molecule has 0 aliphatic heterocycles. The smallest absolute Gasteiger partial charge is 0.119 e. The van der Waals surface area contributed by atoms with Gasteiger partial charge in [0.2, 0.25) is 0 Å². The van der Waals surface area contributed by atoms with Crippen LogP contribution in [0.1, 0.15) is 31.7 Å². The van der Waals surface area contributed by atoms with Crippen molar-refractivity contribution in [2.24, 2.45) is 5.41 Å². The largest absolute Gasteiger partial charge is 0.497 e. The minimum atomic E-state index is 0.0405. The SMILES string of the molecule is COc1cccc(CNC2CCCC2(C)CO)c1. The highest BCUT2D eigenvalue weighted by molar-refractivity contribution is 5.28. The molecular weight excluding hydrogens is 226 g/mol. The summed E-state index contributed by atoms with van der Waals surface area (Å²) in [6, 6.07) is 8.53. The van der Waals surface area contributed by atoms with E-state index in [-0.39, 0.29) is 12.0 Å². The van der Waals surface area contributed by atoms with Crippen molar-refractivity contribution in [1.82, 2.24) is 5.32 Å². The summed E-state index contributed by atoms with van der Waals surface area (Å²) in [6.07, 6.45) is 3.47. The summed E-state index contributed by atoms with van der Waals surface area (Å²) >= 11 is 0. The lowest BCUT2D eigenvalue weighted by atomic mass is 9.86. The summed E-state index contributed by atoms with van der Waals surface area (Å²) in [6.45, 7) is 3.27. The van der Waals surface area contributed by atoms with Gasteiger partial charge < -0.3 is 15.2 Å². The fraction of sp³-hybridized carbons (Fsp3) is 0.600. The summed E-state index contributed by atoms with van der Waals surface area (Å²) in [7, 11) is 1.69. The van der Waals surface area contributed by atoms with Crippen molar-refractivity contribution >= 4 is 0 Å². The van der Waals surface area contributed by atoms with Crippen LogP contribution in [0.2, 0.25) is 0 Å². The second-order valence-corrected chi connectivity index (χ2v) is 5.49. The first-order chi connectivity index (χ1) is 8.68. The lowest BCUT2D eigenvalue weighted by Gasteiger charge is -2.30. The first-order valence-electron chi connectivity index (χ1n) is 6.65. The average Bonchev–Trinajstić information content (AvgIpc) is 2.79. The van der Waals surface area contributed by atoms with Crippen LogP contribution in [0.5, 0.6) is 5.75 Å². The molecular formula is C15H23NO2. The summed E-state index contributed by atoms with van der Waals surface area (Å²) in [4.78, 5) is 0. The van der Waals surface area contributed by atoms with Crippen LogP contribution in [0.15, 0.2) is 24.3 Å². The van der Waals surface area contributed by atoms with Crippen LogP contribution in [0.25, 0.3) is 0 Å². The molecule has 0 saturated heterocycles. The molecule has 1 saturated carbocycles. The first-order valence-corrected chi connectivity index (χ1v) is 6.65. The zero-order valence-corrected chi connectivity index (χ0v) is 11.3. The number of benzene rings is 1. The highest BCUT2D eigenvalue weighted by Gasteiger charge is 2.37. The zero-order chi connectivity index (χ0) is 13.0. The number of ether oxygens (including phenoxy) is 1. The molecule has 1 aromatic carbocycles. The van der Waals surface area contributed by atoms with Gasteiger partial charge in [-0.3, -0.25) is 0 Å². The van der Waals surface area contributed by atoms with E-state index in [0.29, 0.717) is 6.04 Å². The third-order valence-corrected chi connectivity index (χ3v) is 4.13. The van der Waals surface area contributed by atoms with Crippen molar-refractivity contribution in [2.45, 2.75) is 38.8 Å². The lowest BCUT2D eigenvalue weighted by molar-refractivity contribution is 0.118. The molecule has 2 atom stereocenters. The van der Waals surface area contributed by atoms with E-state index >= 15 is 0 Å². The van der Waals surface area contributed by atoms with E-state index in [1.54, 1.807) is 7.11 Å². The van der Waals surface area contributed by atoms with Crippen LogP contribution in [0, 0.1) is 5.41 Å². The summed E-state index contributed by atoms with van der Waals surface area (Å²) < 4.78 is 5.22. The Morgan fingerprint density at radius 2 is 2.33 bits per heavy atom. The van der Waals surface area contributed by atoms with Crippen LogP contribution >= 0.6 is 0 Å². The minimum Gasteiger partial charge on any atom is -0.497 e. The van der Waals surface area contributed by atoms with Gasteiger partial charge in [-0.05, 0) is 30.5 Å². The number of hydrogen-bond acceptors (Lipinski definition) is 3. The second-order valence-electron chi connectivity index (χ2n) is 5.49. The van der Waals surface area contributed by atoms with Gasteiger partial charge in [-0.1, -0.05) is 25.5 Å². The van der Waals surface area contributed by atoms with Gasteiger partial charge in [-0.25, -0.2) is 0 Å².